The van der Waals surface area contributed by atoms with Gasteiger partial charge in [-0.05, 0) is 32.8 Å². The number of rotatable bonds is 1. The minimum atomic E-state index is 0.643. The summed E-state index contributed by atoms with van der Waals surface area (Å²) in [6.07, 6.45) is 5.53. The quantitative estimate of drug-likeness (QED) is 0.606. The van der Waals surface area contributed by atoms with E-state index in [1.807, 2.05) is 0 Å². The average molecular weight is 151 g/mol. The zero-order valence-electron chi connectivity index (χ0n) is 7.65. The van der Waals surface area contributed by atoms with Gasteiger partial charge in [0.05, 0.1) is 0 Å². The van der Waals surface area contributed by atoms with Gasteiger partial charge in [0.2, 0.25) is 0 Å². The molecule has 0 saturated carbocycles. The minimum absolute atomic E-state index is 0.643. The first-order valence-electron chi connectivity index (χ1n) is 4.28. The van der Waals surface area contributed by atoms with Crippen LogP contribution in [-0.2, 0) is 0 Å². The zero-order valence-corrected chi connectivity index (χ0v) is 7.65. The van der Waals surface area contributed by atoms with Crippen molar-refractivity contribution in [3.05, 3.63) is 23.3 Å². The third kappa shape index (κ3) is 2.19. The second-order valence-electron chi connectivity index (χ2n) is 3.29. The molecular formula is C10H17N. The Kier molecular flexibility index (Phi) is 2.89. The number of hydrogen-bond donors (Lipinski definition) is 1. The maximum Gasteiger partial charge on any atom is 0.0170 e. The fourth-order valence-electron chi connectivity index (χ4n) is 1.43. The van der Waals surface area contributed by atoms with Gasteiger partial charge in [0, 0.05) is 12.6 Å². The summed E-state index contributed by atoms with van der Waals surface area (Å²) in [7, 11) is 0. The Labute approximate surface area is 69.2 Å². The molecule has 0 fully saturated rings. The second kappa shape index (κ2) is 3.72. The number of hydrogen-bond acceptors (Lipinski definition) is 1. The van der Waals surface area contributed by atoms with Gasteiger partial charge in [0.15, 0.2) is 0 Å². The molecule has 0 aromatic heterocycles. The van der Waals surface area contributed by atoms with Gasteiger partial charge in [0.1, 0.15) is 0 Å². The molecule has 11 heavy (non-hydrogen) atoms. The summed E-state index contributed by atoms with van der Waals surface area (Å²) < 4.78 is 0. The van der Waals surface area contributed by atoms with Crippen LogP contribution in [0, 0.1) is 0 Å². The lowest BCUT2D eigenvalue weighted by Gasteiger charge is -2.22. The predicted octanol–water partition coefficient (Wildman–Crippen LogP) is 2.26. The largest absolute Gasteiger partial charge is 0.310 e. The van der Waals surface area contributed by atoms with Crippen molar-refractivity contribution < 1.29 is 0 Å². The SMILES string of the molecule is C/C=C\C1=C(C)CN[C@H](C)C1. The molecule has 0 amide bonds. The Morgan fingerprint density at radius 2 is 2.27 bits per heavy atom. The van der Waals surface area contributed by atoms with E-state index in [1.165, 1.54) is 17.6 Å². The molecule has 62 valence electrons. The van der Waals surface area contributed by atoms with E-state index in [4.69, 9.17) is 0 Å². The van der Waals surface area contributed by atoms with Crippen LogP contribution in [0.25, 0.3) is 0 Å². The highest BCUT2D eigenvalue weighted by Crippen LogP contribution is 2.16. The first kappa shape index (κ1) is 8.54. The van der Waals surface area contributed by atoms with Crippen LogP contribution in [0.15, 0.2) is 23.3 Å². The summed E-state index contributed by atoms with van der Waals surface area (Å²) in [4.78, 5) is 0. The summed E-state index contributed by atoms with van der Waals surface area (Å²) in [6, 6.07) is 0.643. The van der Waals surface area contributed by atoms with E-state index in [2.05, 4.69) is 38.2 Å². The van der Waals surface area contributed by atoms with Gasteiger partial charge < -0.3 is 5.32 Å². The molecule has 0 aliphatic carbocycles. The monoisotopic (exact) mass is 151 g/mol. The van der Waals surface area contributed by atoms with Gasteiger partial charge in [-0.1, -0.05) is 17.7 Å². The Hall–Kier alpha value is -0.560. The Morgan fingerprint density at radius 3 is 2.91 bits per heavy atom. The van der Waals surface area contributed by atoms with Crippen molar-refractivity contribution >= 4 is 0 Å². The molecule has 0 unspecified atom stereocenters. The molecule has 1 aliphatic rings. The van der Waals surface area contributed by atoms with Gasteiger partial charge in [-0.2, -0.15) is 0 Å². The van der Waals surface area contributed by atoms with E-state index < -0.39 is 0 Å². The molecular weight excluding hydrogens is 134 g/mol. The topological polar surface area (TPSA) is 12.0 Å². The molecule has 0 aromatic carbocycles. The average Bonchev–Trinajstić information content (AvgIpc) is 1.98. The molecule has 1 N–H and O–H groups in total. The molecule has 1 heteroatoms. The van der Waals surface area contributed by atoms with Gasteiger partial charge in [-0.15, -0.1) is 0 Å². The molecule has 1 heterocycles. The molecule has 1 rings (SSSR count). The maximum absolute atomic E-state index is 3.43. The Morgan fingerprint density at radius 1 is 1.55 bits per heavy atom. The molecule has 0 aromatic rings. The minimum Gasteiger partial charge on any atom is -0.310 e. The lowest BCUT2D eigenvalue weighted by Crippen LogP contribution is -2.32. The third-order valence-corrected chi connectivity index (χ3v) is 2.16. The lowest BCUT2D eigenvalue weighted by molar-refractivity contribution is 0.544. The first-order valence-corrected chi connectivity index (χ1v) is 4.28. The number of allylic oxidation sites excluding steroid dienone is 2. The summed E-state index contributed by atoms with van der Waals surface area (Å²) in [6.45, 7) is 7.57. The molecule has 0 radical (unpaired) electrons. The Balaban J connectivity index is 2.71. The maximum atomic E-state index is 3.43. The van der Waals surface area contributed by atoms with Crippen LogP contribution >= 0.6 is 0 Å². The van der Waals surface area contributed by atoms with E-state index in [9.17, 15) is 0 Å². The predicted molar refractivity (Wildman–Crippen MR) is 49.6 cm³/mol. The zero-order chi connectivity index (χ0) is 8.27. The second-order valence-corrected chi connectivity index (χ2v) is 3.29. The fourth-order valence-corrected chi connectivity index (χ4v) is 1.43. The normalized spacial score (nSPS) is 26.6. The van der Waals surface area contributed by atoms with Gasteiger partial charge in [-0.25, -0.2) is 0 Å². The van der Waals surface area contributed by atoms with Crippen LogP contribution in [0.2, 0.25) is 0 Å². The van der Waals surface area contributed by atoms with Crippen LogP contribution in [0.5, 0.6) is 0 Å². The molecule has 1 atom stereocenters. The van der Waals surface area contributed by atoms with E-state index in [0.717, 1.165) is 6.54 Å². The van der Waals surface area contributed by atoms with E-state index in [1.54, 1.807) is 0 Å². The molecule has 0 saturated heterocycles. The summed E-state index contributed by atoms with van der Waals surface area (Å²) in [5.41, 5.74) is 3.00. The van der Waals surface area contributed by atoms with Crippen molar-refractivity contribution in [2.45, 2.75) is 33.2 Å². The van der Waals surface area contributed by atoms with Crippen molar-refractivity contribution in [1.82, 2.24) is 5.32 Å². The van der Waals surface area contributed by atoms with E-state index >= 15 is 0 Å². The van der Waals surface area contributed by atoms with E-state index in [-0.39, 0.29) is 0 Å². The summed E-state index contributed by atoms with van der Waals surface area (Å²) >= 11 is 0. The first-order chi connectivity index (χ1) is 5.24. The standard InChI is InChI=1S/C10H17N/c1-4-5-10-6-9(3)11-7-8(10)2/h4-5,9,11H,6-7H2,1-3H3/b5-4-/t9-/m1/s1. The molecule has 0 spiro atoms. The summed E-state index contributed by atoms with van der Waals surface area (Å²) in [5, 5.41) is 3.43. The highest BCUT2D eigenvalue weighted by atomic mass is 14.9. The van der Waals surface area contributed by atoms with Crippen molar-refractivity contribution in [3.63, 3.8) is 0 Å². The third-order valence-electron chi connectivity index (χ3n) is 2.16. The fraction of sp³-hybridized carbons (Fsp3) is 0.600. The van der Waals surface area contributed by atoms with Crippen molar-refractivity contribution in [2.24, 2.45) is 0 Å². The van der Waals surface area contributed by atoms with Crippen LogP contribution in [0.1, 0.15) is 27.2 Å². The van der Waals surface area contributed by atoms with Crippen molar-refractivity contribution in [3.8, 4) is 0 Å². The van der Waals surface area contributed by atoms with Crippen molar-refractivity contribution in [2.75, 3.05) is 6.54 Å². The van der Waals surface area contributed by atoms with Gasteiger partial charge >= 0.3 is 0 Å². The molecule has 1 aliphatic heterocycles. The Bertz CT molecular complexity index is 189. The van der Waals surface area contributed by atoms with Crippen LogP contribution in [0.3, 0.4) is 0 Å². The van der Waals surface area contributed by atoms with E-state index in [0.29, 0.717) is 6.04 Å². The van der Waals surface area contributed by atoms with Gasteiger partial charge in [-0.3, -0.25) is 0 Å². The van der Waals surface area contributed by atoms with Gasteiger partial charge in [0.25, 0.3) is 0 Å². The number of nitrogens with one attached hydrogen (secondary N) is 1. The molecule has 1 nitrogen and oxygen atoms in total. The van der Waals surface area contributed by atoms with Crippen LogP contribution in [0.4, 0.5) is 0 Å². The van der Waals surface area contributed by atoms with Crippen LogP contribution < -0.4 is 5.32 Å². The smallest absolute Gasteiger partial charge is 0.0170 e. The molecule has 0 bridgehead atoms. The highest BCUT2D eigenvalue weighted by Gasteiger charge is 2.11. The summed E-state index contributed by atoms with van der Waals surface area (Å²) in [5.74, 6) is 0. The van der Waals surface area contributed by atoms with Crippen LogP contribution in [-0.4, -0.2) is 12.6 Å². The lowest BCUT2D eigenvalue weighted by atomic mass is 9.97. The van der Waals surface area contributed by atoms with Crippen molar-refractivity contribution in [1.29, 1.82) is 0 Å². The highest BCUT2D eigenvalue weighted by molar-refractivity contribution is 5.28.